The molecule has 1 aliphatic heterocycles. The highest BCUT2D eigenvalue weighted by molar-refractivity contribution is 5.98. The van der Waals surface area contributed by atoms with Crippen molar-refractivity contribution in [1.29, 1.82) is 0 Å². The first-order valence-corrected chi connectivity index (χ1v) is 18.9. The van der Waals surface area contributed by atoms with Crippen LogP contribution in [0.15, 0.2) is 30.3 Å². The minimum Gasteiger partial charge on any atom is -0.481 e. The number of rotatable bonds is 23. The van der Waals surface area contributed by atoms with E-state index in [4.69, 9.17) is 4.74 Å². The topological polar surface area (TPSA) is 287 Å². The number of hydrogen-bond acceptors (Lipinski definition) is 10. The van der Waals surface area contributed by atoms with Gasteiger partial charge < -0.3 is 51.5 Å². The largest absolute Gasteiger partial charge is 0.481 e. The molecule has 2 rings (SSSR count). The summed E-state index contributed by atoms with van der Waals surface area (Å²) in [6.07, 6.45) is -1.49. The summed E-state index contributed by atoms with van der Waals surface area (Å²) in [6, 6.07) is 0.764. The summed E-state index contributed by atoms with van der Waals surface area (Å²) in [5.74, 6) is -10.6. The number of carboxylic acids is 3. The molecule has 1 aromatic carbocycles. The van der Waals surface area contributed by atoms with Crippen LogP contribution in [-0.4, -0.2) is 122 Å². The third-order valence-corrected chi connectivity index (χ3v) is 9.48. The molecule has 8 atom stereocenters. The van der Waals surface area contributed by atoms with Crippen molar-refractivity contribution in [3.05, 3.63) is 35.9 Å². The van der Waals surface area contributed by atoms with Crippen molar-refractivity contribution in [3.63, 3.8) is 0 Å². The highest BCUT2D eigenvalue weighted by Gasteiger charge is 2.44. The summed E-state index contributed by atoms with van der Waals surface area (Å²) in [5, 5.41) is 40.4. The number of nitrogens with one attached hydrogen (secondary N) is 5. The molecule has 0 bridgehead atoms. The Bertz CT molecular complexity index is 1590. The van der Waals surface area contributed by atoms with Crippen LogP contribution in [0.25, 0.3) is 0 Å². The Morgan fingerprint density at radius 2 is 1.32 bits per heavy atom. The first-order valence-electron chi connectivity index (χ1n) is 18.9. The molecular weight excluding hydrogens is 748 g/mol. The molecule has 0 unspecified atom stereocenters. The molecular formula is C38H56N6O13. The number of amides is 6. The number of ether oxygens (including phenoxy) is 1. The summed E-state index contributed by atoms with van der Waals surface area (Å²) >= 11 is 0. The van der Waals surface area contributed by atoms with Crippen molar-refractivity contribution >= 4 is 53.4 Å². The Labute approximate surface area is 331 Å². The van der Waals surface area contributed by atoms with Gasteiger partial charge >= 0.3 is 17.9 Å². The van der Waals surface area contributed by atoms with Crippen LogP contribution in [0.5, 0.6) is 0 Å². The van der Waals surface area contributed by atoms with E-state index in [1.54, 1.807) is 34.6 Å². The lowest BCUT2D eigenvalue weighted by molar-refractivity contribution is -0.146. The Morgan fingerprint density at radius 3 is 1.82 bits per heavy atom. The molecule has 1 saturated heterocycles. The van der Waals surface area contributed by atoms with Crippen LogP contribution in [0.2, 0.25) is 0 Å². The smallest absolute Gasteiger partial charge is 0.326 e. The van der Waals surface area contributed by atoms with Crippen molar-refractivity contribution in [2.24, 2.45) is 11.8 Å². The van der Waals surface area contributed by atoms with E-state index in [0.29, 0.717) is 12.8 Å². The van der Waals surface area contributed by atoms with Gasteiger partial charge in [-0.05, 0) is 23.8 Å². The fourth-order valence-corrected chi connectivity index (χ4v) is 6.19. The normalized spacial score (nSPS) is 18.2. The number of carbonyl (C=O) groups is 9. The highest BCUT2D eigenvalue weighted by Crippen LogP contribution is 2.25. The Kier molecular flexibility index (Phi) is 19.1. The van der Waals surface area contributed by atoms with E-state index in [2.05, 4.69) is 26.6 Å². The standard InChI is InChI=1S/C38H56N6O13/c1-7-12-25(38(55)56)40-35(52)28-15-24(57-19-23-13-10-9-11-14-23)18-44(28)37(54)31(20(3)4)42-36(53)32(21(5)8-2)43-34(51)27(17-30(48)49)41-33(50)26(16-29(46)47)39-22(6)45/h9-11,13-14,20-21,24-28,31-32H,7-8,12,15-19H2,1-6H3,(H,39,45)(H,40,52)(H,41,50)(H,42,53)(H,43,51)(H,46,47)(H,48,49)(H,55,56)/t21-,24+,25-,26-,27-,28-,31-,32-/m0/s1. The number of carboxylic acid groups (broad SMARTS) is 3. The highest BCUT2D eigenvalue weighted by atomic mass is 16.5. The molecule has 1 heterocycles. The van der Waals surface area contributed by atoms with E-state index in [0.717, 1.165) is 12.5 Å². The molecule has 57 heavy (non-hydrogen) atoms. The van der Waals surface area contributed by atoms with Crippen LogP contribution in [-0.2, 0) is 54.5 Å². The van der Waals surface area contributed by atoms with Crippen LogP contribution in [0.4, 0.5) is 0 Å². The number of hydrogen-bond donors (Lipinski definition) is 8. The predicted molar refractivity (Wildman–Crippen MR) is 202 cm³/mol. The number of carbonyl (C=O) groups excluding carboxylic acids is 6. The van der Waals surface area contributed by atoms with E-state index in [-0.39, 0.29) is 26.0 Å². The Balaban J connectivity index is 2.38. The molecule has 316 valence electrons. The first-order chi connectivity index (χ1) is 26.8. The molecule has 1 aliphatic rings. The van der Waals surface area contributed by atoms with Crippen molar-refractivity contribution in [2.45, 2.75) is 129 Å². The second kappa shape index (κ2) is 22.8. The number of aliphatic carboxylic acids is 3. The van der Waals surface area contributed by atoms with Crippen molar-refractivity contribution in [3.8, 4) is 0 Å². The quantitative estimate of drug-likeness (QED) is 0.0732. The van der Waals surface area contributed by atoms with Crippen molar-refractivity contribution < 1.29 is 63.2 Å². The lowest BCUT2D eigenvalue weighted by Gasteiger charge is -2.33. The maximum absolute atomic E-state index is 14.3. The van der Waals surface area contributed by atoms with Gasteiger partial charge in [0.25, 0.3) is 0 Å². The molecule has 0 aromatic heterocycles. The van der Waals surface area contributed by atoms with Crippen LogP contribution in [0.3, 0.4) is 0 Å². The number of benzene rings is 1. The Hall–Kier alpha value is -5.59. The molecule has 0 saturated carbocycles. The fraction of sp³-hybridized carbons (Fsp3) is 0.605. The van der Waals surface area contributed by atoms with E-state index in [9.17, 15) is 58.5 Å². The zero-order chi connectivity index (χ0) is 43.0. The van der Waals surface area contributed by atoms with Gasteiger partial charge in [-0.2, -0.15) is 0 Å². The van der Waals surface area contributed by atoms with Crippen LogP contribution >= 0.6 is 0 Å². The van der Waals surface area contributed by atoms with Crippen LogP contribution in [0.1, 0.15) is 85.6 Å². The van der Waals surface area contributed by atoms with Gasteiger partial charge in [-0.3, -0.25) is 38.4 Å². The van der Waals surface area contributed by atoms with Gasteiger partial charge in [0, 0.05) is 19.9 Å². The zero-order valence-corrected chi connectivity index (χ0v) is 33.1. The second-order valence-corrected chi connectivity index (χ2v) is 14.5. The number of nitrogens with zero attached hydrogens (tertiary/aromatic N) is 1. The van der Waals surface area contributed by atoms with E-state index < -0.39 is 120 Å². The van der Waals surface area contributed by atoms with E-state index in [1.807, 2.05) is 30.3 Å². The second-order valence-electron chi connectivity index (χ2n) is 14.5. The van der Waals surface area contributed by atoms with Gasteiger partial charge in [0.1, 0.15) is 36.3 Å². The predicted octanol–water partition coefficient (Wildman–Crippen LogP) is 0.153. The molecule has 6 amide bonds. The minimum absolute atomic E-state index is 0.0408. The summed E-state index contributed by atoms with van der Waals surface area (Å²) in [6.45, 7) is 9.55. The Morgan fingerprint density at radius 1 is 0.754 bits per heavy atom. The molecule has 1 aromatic rings. The van der Waals surface area contributed by atoms with Gasteiger partial charge in [0.15, 0.2) is 0 Å². The third-order valence-electron chi connectivity index (χ3n) is 9.48. The molecule has 19 nitrogen and oxygen atoms in total. The molecule has 0 spiro atoms. The van der Waals surface area contributed by atoms with E-state index in [1.165, 1.54) is 4.90 Å². The minimum atomic E-state index is -1.80. The maximum Gasteiger partial charge on any atom is 0.326 e. The van der Waals surface area contributed by atoms with Gasteiger partial charge in [-0.15, -0.1) is 0 Å². The summed E-state index contributed by atoms with van der Waals surface area (Å²) < 4.78 is 6.08. The lowest BCUT2D eigenvalue weighted by Crippen LogP contribution is -2.61. The average Bonchev–Trinajstić information content (AvgIpc) is 3.58. The van der Waals surface area contributed by atoms with Crippen molar-refractivity contribution in [1.82, 2.24) is 31.5 Å². The van der Waals surface area contributed by atoms with Gasteiger partial charge in [0.05, 0.1) is 25.6 Å². The molecule has 0 radical (unpaired) electrons. The molecule has 19 heteroatoms. The maximum atomic E-state index is 14.3. The average molecular weight is 805 g/mol. The monoisotopic (exact) mass is 804 g/mol. The third kappa shape index (κ3) is 15.1. The zero-order valence-electron chi connectivity index (χ0n) is 33.1. The van der Waals surface area contributed by atoms with Crippen LogP contribution < -0.4 is 26.6 Å². The van der Waals surface area contributed by atoms with Gasteiger partial charge in [-0.1, -0.05) is 77.8 Å². The molecule has 8 N–H and O–H groups in total. The first kappa shape index (κ1) is 47.6. The van der Waals surface area contributed by atoms with Crippen LogP contribution in [0, 0.1) is 11.8 Å². The van der Waals surface area contributed by atoms with Gasteiger partial charge in [-0.25, -0.2) is 4.79 Å². The summed E-state index contributed by atoms with van der Waals surface area (Å²) in [4.78, 5) is 116. The summed E-state index contributed by atoms with van der Waals surface area (Å²) in [5.41, 5.74) is 0.848. The van der Waals surface area contributed by atoms with E-state index >= 15 is 0 Å². The SMILES string of the molecule is CCC[C@H](NC(=O)[C@@H]1C[C@@H](OCc2ccccc2)CN1C(=O)[C@@H](NC(=O)[C@@H](NC(=O)[C@H](CC(=O)O)NC(=O)[C@H](CC(=O)O)NC(C)=O)[C@@H](C)CC)C(C)C)C(=O)O. The van der Waals surface area contributed by atoms with Gasteiger partial charge in [0.2, 0.25) is 35.4 Å². The molecule has 0 aliphatic carbocycles. The lowest BCUT2D eigenvalue weighted by atomic mass is 9.95. The molecule has 1 fully saturated rings. The summed E-state index contributed by atoms with van der Waals surface area (Å²) in [7, 11) is 0. The van der Waals surface area contributed by atoms with Crippen molar-refractivity contribution in [2.75, 3.05) is 6.54 Å². The number of likely N-dealkylation sites (tertiary alicyclic amines) is 1. The fourth-order valence-electron chi connectivity index (χ4n) is 6.19.